The van der Waals surface area contributed by atoms with Crippen LogP contribution in [0, 0.1) is 0 Å². The van der Waals surface area contributed by atoms with Crippen LogP contribution < -0.4 is 14.8 Å². The van der Waals surface area contributed by atoms with Gasteiger partial charge in [-0.25, -0.2) is 36.4 Å². The number of ether oxygens (including phenoxy) is 7. The van der Waals surface area contributed by atoms with Gasteiger partial charge in [-0.2, -0.15) is 0 Å². The summed E-state index contributed by atoms with van der Waals surface area (Å²) < 4.78 is 92.0. The van der Waals surface area contributed by atoms with E-state index in [1.54, 1.807) is 24.3 Å². The Bertz CT molecular complexity index is 3560. The van der Waals surface area contributed by atoms with Crippen LogP contribution in [0.5, 0.6) is 11.5 Å². The first-order valence-corrected chi connectivity index (χ1v) is 30.3. The number of nitrogens with one attached hydrogen (secondary N) is 1. The number of carbonyl (C=O) groups is 2. The Balaban J connectivity index is 0.000000226. The highest BCUT2D eigenvalue weighted by Crippen LogP contribution is 2.34. The second-order valence-electron chi connectivity index (χ2n) is 19.8. The molecule has 0 saturated heterocycles. The Kier molecular flexibility index (Phi) is 19.8. The molecule has 0 spiro atoms. The van der Waals surface area contributed by atoms with Gasteiger partial charge in [0.2, 0.25) is 0 Å². The number of hydrogen-bond donors (Lipinski definition) is 2. The molecule has 0 aliphatic rings. The number of aromatic nitrogens is 4. The molecule has 4 heterocycles. The number of carbonyl (C=O) groups excluding carboxylic acids is 1. The van der Waals surface area contributed by atoms with Crippen molar-refractivity contribution in [2.45, 2.75) is 62.5 Å². The summed E-state index contributed by atoms with van der Waals surface area (Å²) in [6, 6.07) is 25.6. The molecule has 0 aliphatic heterocycles. The van der Waals surface area contributed by atoms with E-state index in [2.05, 4.69) is 5.32 Å². The lowest BCUT2D eigenvalue weighted by atomic mass is 10.1. The minimum absolute atomic E-state index is 0.296. The summed E-state index contributed by atoms with van der Waals surface area (Å²) in [4.78, 5) is 35.9. The van der Waals surface area contributed by atoms with Crippen LogP contribution in [0.2, 0.25) is 0 Å². The van der Waals surface area contributed by atoms with E-state index in [-0.39, 0.29) is 0 Å². The molecule has 0 radical (unpaired) electrons. The fourth-order valence-corrected chi connectivity index (χ4v) is 11.2. The van der Waals surface area contributed by atoms with E-state index in [0.717, 1.165) is 52.9 Å². The molecule has 4 aromatic heterocycles. The van der Waals surface area contributed by atoms with Gasteiger partial charge in [-0.3, -0.25) is 8.80 Å². The van der Waals surface area contributed by atoms with Crippen molar-refractivity contribution in [1.82, 2.24) is 29.0 Å². The van der Waals surface area contributed by atoms with Crippen LogP contribution in [0.1, 0.15) is 41.5 Å². The minimum Gasteiger partial charge on any atom is -0.491 e. The molecule has 0 unspecified atom stereocenters. The van der Waals surface area contributed by atoms with Crippen LogP contribution in [0.3, 0.4) is 0 Å². The lowest BCUT2D eigenvalue weighted by Gasteiger charge is -2.32. The summed E-state index contributed by atoms with van der Waals surface area (Å²) in [5.74, 6) is 1.40. The first kappa shape index (κ1) is 59.3. The maximum absolute atomic E-state index is 11.9. The highest BCUT2D eigenvalue weighted by molar-refractivity contribution is 7.91. The number of hydrogen-bond acceptors (Lipinski definition) is 17. The predicted octanol–water partition coefficient (Wildman–Crippen LogP) is 9.37. The molecular formula is C54H66N6O14S4. The molecule has 8 rings (SSSR count). The van der Waals surface area contributed by atoms with Gasteiger partial charge in [0.15, 0.2) is 29.6 Å². The van der Waals surface area contributed by atoms with Crippen LogP contribution in [-0.2, 0) is 43.4 Å². The number of benzene rings is 4. The van der Waals surface area contributed by atoms with E-state index < -0.39 is 43.0 Å². The first-order valence-electron chi connectivity index (χ1n) is 24.9. The van der Waals surface area contributed by atoms with Crippen molar-refractivity contribution in [2.24, 2.45) is 0 Å². The molecule has 0 bridgehead atoms. The molecule has 0 aliphatic carbocycles. The largest absolute Gasteiger partial charge is 0.491 e. The topological polar surface area (TPSA) is 237 Å². The summed E-state index contributed by atoms with van der Waals surface area (Å²) in [6.07, 6.45) is 4.86. The molecule has 24 heteroatoms. The third-order valence-electron chi connectivity index (χ3n) is 11.4. The van der Waals surface area contributed by atoms with Crippen molar-refractivity contribution in [3.8, 4) is 34.0 Å². The van der Waals surface area contributed by atoms with Gasteiger partial charge in [0.25, 0.3) is 0 Å². The number of nitrogens with zero attached hydrogens (tertiary/aromatic N) is 5. The lowest BCUT2D eigenvalue weighted by Crippen LogP contribution is -2.46. The molecule has 420 valence electrons. The summed E-state index contributed by atoms with van der Waals surface area (Å²) in [5, 5.41) is 11.9. The SMILES string of the molecule is CC(C)(C)N(CCOCCOCCOc1cccc(-c2cn3c(n2)sc2cc(S(C)(=O)=O)ccc23)c1)C(=O)O.CC(C)(C)OC(=O)NCCOCCOCCOc1cccc(-c2cn3c(n2)sc2cc(S(C)(=O)=O)ccc23)c1. The fraction of sp³-hybridized carbons (Fsp3) is 0.407. The average molecular weight is 1150 g/mol. The van der Waals surface area contributed by atoms with Gasteiger partial charge in [-0.1, -0.05) is 46.9 Å². The Morgan fingerprint density at radius 3 is 1.46 bits per heavy atom. The summed E-state index contributed by atoms with van der Waals surface area (Å²) in [5.41, 5.74) is 4.23. The van der Waals surface area contributed by atoms with E-state index in [1.807, 2.05) is 123 Å². The molecule has 4 aromatic carbocycles. The smallest absolute Gasteiger partial charge is 0.407 e. The number of carboxylic acid groups (broad SMARTS) is 1. The van der Waals surface area contributed by atoms with Gasteiger partial charge in [-0.05, 0) is 102 Å². The second-order valence-corrected chi connectivity index (χ2v) is 25.9. The monoisotopic (exact) mass is 1150 g/mol. The van der Waals surface area contributed by atoms with E-state index in [9.17, 15) is 31.5 Å². The van der Waals surface area contributed by atoms with Gasteiger partial charge < -0.3 is 48.5 Å². The van der Waals surface area contributed by atoms with Crippen molar-refractivity contribution in [3.63, 3.8) is 0 Å². The quantitative estimate of drug-likeness (QED) is 0.0536. The molecule has 2 N–H and O–H groups in total. The number of amides is 2. The van der Waals surface area contributed by atoms with Gasteiger partial charge in [0, 0.05) is 54.7 Å². The normalized spacial score (nSPS) is 12.3. The molecule has 20 nitrogen and oxygen atoms in total. The van der Waals surface area contributed by atoms with Gasteiger partial charge in [0.05, 0.1) is 94.5 Å². The molecule has 0 saturated carbocycles. The molecular weight excluding hydrogens is 1080 g/mol. The van der Waals surface area contributed by atoms with E-state index in [1.165, 1.54) is 40.1 Å². The van der Waals surface area contributed by atoms with Crippen LogP contribution >= 0.6 is 22.7 Å². The fourth-order valence-electron chi connectivity index (χ4n) is 7.69. The summed E-state index contributed by atoms with van der Waals surface area (Å²) >= 11 is 2.89. The number of imidazole rings is 2. The number of alkyl carbamates (subject to hydrolysis) is 1. The molecule has 2 amide bonds. The zero-order valence-corrected chi connectivity index (χ0v) is 48.1. The maximum Gasteiger partial charge on any atom is 0.407 e. The molecule has 0 fully saturated rings. The van der Waals surface area contributed by atoms with Crippen molar-refractivity contribution < 1.29 is 64.7 Å². The van der Waals surface area contributed by atoms with Crippen molar-refractivity contribution in [2.75, 3.05) is 91.7 Å². The first-order chi connectivity index (χ1) is 36.9. The van der Waals surface area contributed by atoms with E-state index >= 15 is 0 Å². The van der Waals surface area contributed by atoms with Crippen molar-refractivity contribution in [1.29, 1.82) is 0 Å². The van der Waals surface area contributed by atoms with Crippen LogP contribution in [0.4, 0.5) is 9.59 Å². The lowest BCUT2D eigenvalue weighted by molar-refractivity contribution is 0.0209. The second kappa shape index (κ2) is 26.1. The summed E-state index contributed by atoms with van der Waals surface area (Å²) in [7, 11) is -6.53. The number of rotatable bonds is 24. The standard InChI is InChI=1S/2C27H33N3O7S2/c1-27(2,3)30(26(31)32)10-11-35-12-13-36-14-15-37-20-7-5-6-19(16-20)22-18-29-23-9-8-21(39(4,33)34)17-24(23)38-25(29)28-22;1-27(2,3)37-26(31)28-10-11-34-12-13-35-14-15-36-20-7-5-6-19(16-20)22-18-30-23-9-8-21(39(4,32)33)17-24(23)38-25(30)29-22/h5-9,16-18H,10-15H2,1-4H3,(H,31,32);5-9,16-18H,10-15H2,1-4H3,(H,28,31). The Hall–Kier alpha value is -6.38. The van der Waals surface area contributed by atoms with Gasteiger partial charge in [0.1, 0.15) is 30.3 Å². The Morgan fingerprint density at radius 1 is 0.603 bits per heavy atom. The molecule has 0 atom stereocenters. The zero-order chi connectivity index (χ0) is 56.3. The minimum atomic E-state index is -3.27. The molecule has 78 heavy (non-hydrogen) atoms. The average Bonchev–Trinajstić information content (AvgIpc) is 4.32. The summed E-state index contributed by atoms with van der Waals surface area (Å²) in [6.45, 7) is 15.4. The zero-order valence-electron chi connectivity index (χ0n) is 44.8. The van der Waals surface area contributed by atoms with Crippen LogP contribution in [0.25, 0.3) is 52.9 Å². The van der Waals surface area contributed by atoms with E-state index in [4.69, 9.17) is 43.1 Å². The maximum atomic E-state index is 11.9. The number of fused-ring (bicyclic) bond motifs is 6. The van der Waals surface area contributed by atoms with Crippen molar-refractivity contribution >= 4 is 84.9 Å². The Morgan fingerprint density at radius 2 is 1.04 bits per heavy atom. The highest BCUT2D eigenvalue weighted by atomic mass is 32.2. The highest BCUT2D eigenvalue weighted by Gasteiger charge is 2.25. The predicted molar refractivity (Wildman–Crippen MR) is 301 cm³/mol. The number of thiazole rings is 2. The number of sulfone groups is 2. The van der Waals surface area contributed by atoms with Crippen LogP contribution in [0.15, 0.2) is 107 Å². The third kappa shape index (κ3) is 16.8. The van der Waals surface area contributed by atoms with Crippen LogP contribution in [-0.4, -0.2) is 161 Å². The Labute approximate surface area is 461 Å². The third-order valence-corrected chi connectivity index (χ3v) is 15.7. The van der Waals surface area contributed by atoms with E-state index in [0.29, 0.717) is 100 Å². The molecule has 8 aromatic rings. The van der Waals surface area contributed by atoms with Gasteiger partial charge >= 0.3 is 12.2 Å². The van der Waals surface area contributed by atoms with Crippen molar-refractivity contribution in [3.05, 3.63) is 97.3 Å². The van der Waals surface area contributed by atoms with Gasteiger partial charge in [-0.15, -0.1) is 0 Å².